The van der Waals surface area contributed by atoms with Gasteiger partial charge in [0.15, 0.2) is 0 Å². The molecule has 2 rings (SSSR count). The first-order valence-electron chi connectivity index (χ1n) is 6.33. The number of nitrogens with zero attached hydrogens (tertiary/aromatic N) is 2. The van der Waals surface area contributed by atoms with Crippen LogP contribution in [-0.4, -0.2) is 18.6 Å². The molecule has 0 amide bonds. The number of hydrogen-bond donors (Lipinski definition) is 1. The standard InChI is InChI=1S/C15H19N3O/c1-3-19-14-8-4-7-13(15(14)16)18(2)11-12-6-5-9-17-10-12/h4-10H,3,11,16H2,1-2H3. The Bertz CT molecular complexity index is 528. The molecular weight excluding hydrogens is 238 g/mol. The van der Waals surface area contributed by atoms with Gasteiger partial charge in [0.25, 0.3) is 0 Å². The van der Waals surface area contributed by atoms with Gasteiger partial charge in [-0.3, -0.25) is 4.98 Å². The van der Waals surface area contributed by atoms with Crippen molar-refractivity contribution in [2.24, 2.45) is 0 Å². The number of anilines is 2. The molecule has 19 heavy (non-hydrogen) atoms. The van der Waals surface area contributed by atoms with Crippen LogP contribution in [0.1, 0.15) is 12.5 Å². The van der Waals surface area contributed by atoms with E-state index in [0.29, 0.717) is 12.3 Å². The van der Waals surface area contributed by atoms with Gasteiger partial charge in [0.05, 0.1) is 18.0 Å². The van der Waals surface area contributed by atoms with Crippen LogP contribution in [0.2, 0.25) is 0 Å². The molecule has 2 aromatic rings. The summed E-state index contributed by atoms with van der Waals surface area (Å²) < 4.78 is 5.51. The van der Waals surface area contributed by atoms with Crippen LogP contribution < -0.4 is 15.4 Å². The minimum absolute atomic E-state index is 0.611. The van der Waals surface area contributed by atoms with Crippen molar-refractivity contribution >= 4 is 11.4 Å². The third-order valence-corrected chi connectivity index (χ3v) is 2.90. The summed E-state index contributed by atoms with van der Waals surface area (Å²) in [5.74, 6) is 0.734. The Balaban J connectivity index is 2.19. The van der Waals surface area contributed by atoms with Gasteiger partial charge in [-0.2, -0.15) is 0 Å². The number of nitrogen functional groups attached to an aromatic ring is 1. The molecule has 2 N–H and O–H groups in total. The number of hydrogen-bond acceptors (Lipinski definition) is 4. The van der Waals surface area contributed by atoms with E-state index in [-0.39, 0.29) is 0 Å². The fraction of sp³-hybridized carbons (Fsp3) is 0.267. The van der Waals surface area contributed by atoms with Gasteiger partial charge in [-0.25, -0.2) is 0 Å². The molecule has 0 aliphatic carbocycles. The first-order chi connectivity index (χ1) is 9.22. The molecule has 1 heterocycles. The number of rotatable bonds is 5. The van der Waals surface area contributed by atoms with Crippen LogP contribution in [-0.2, 0) is 6.54 Å². The highest BCUT2D eigenvalue weighted by atomic mass is 16.5. The first-order valence-corrected chi connectivity index (χ1v) is 6.33. The molecule has 0 aliphatic heterocycles. The Morgan fingerprint density at radius 3 is 2.79 bits per heavy atom. The van der Waals surface area contributed by atoms with Crippen LogP contribution in [0.4, 0.5) is 11.4 Å². The van der Waals surface area contributed by atoms with Gasteiger partial charge in [0.2, 0.25) is 0 Å². The minimum atomic E-state index is 0.611. The van der Waals surface area contributed by atoms with Crippen LogP contribution in [0.3, 0.4) is 0 Å². The van der Waals surface area contributed by atoms with E-state index < -0.39 is 0 Å². The van der Waals surface area contributed by atoms with Crippen LogP contribution in [0.5, 0.6) is 5.75 Å². The molecule has 0 atom stereocenters. The highest BCUT2D eigenvalue weighted by Gasteiger charge is 2.10. The molecule has 0 saturated carbocycles. The summed E-state index contributed by atoms with van der Waals surface area (Å²) in [6.07, 6.45) is 3.63. The molecule has 0 spiro atoms. The lowest BCUT2D eigenvalue weighted by atomic mass is 10.2. The Morgan fingerprint density at radius 2 is 2.11 bits per heavy atom. The van der Waals surface area contributed by atoms with Crippen molar-refractivity contribution in [3.63, 3.8) is 0 Å². The van der Waals surface area contributed by atoms with Gasteiger partial charge in [-0.05, 0) is 30.7 Å². The predicted molar refractivity (Wildman–Crippen MR) is 78.4 cm³/mol. The zero-order valence-electron chi connectivity index (χ0n) is 11.3. The highest BCUT2D eigenvalue weighted by Crippen LogP contribution is 2.32. The average molecular weight is 257 g/mol. The molecule has 100 valence electrons. The molecule has 0 fully saturated rings. The number of nitrogens with two attached hydrogens (primary N) is 1. The maximum atomic E-state index is 6.14. The third kappa shape index (κ3) is 3.16. The van der Waals surface area contributed by atoms with Crippen LogP contribution >= 0.6 is 0 Å². The van der Waals surface area contributed by atoms with E-state index in [1.165, 1.54) is 0 Å². The third-order valence-electron chi connectivity index (χ3n) is 2.90. The van der Waals surface area contributed by atoms with Gasteiger partial charge < -0.3 is 15.4 Å². The summed E-state index contributed by atoms with van der Waals surface area (Å²) in [6, 6.07) is 9.82. The largest absolute Gasteiger partial charge is 0.492 e. The minimum Gasteiger partial charge on any atom is -0.492 e. The smallest absolute Gasteiger partial charge is 0.144 e. The predicted octanol–water partition coefficient (Wildman–Crippen LogP) is 2.70. The summed E-state index contributed by atoms with van der Waals surface area (Å²) in [5.41, 5.74) is 8.93. The van der Waals surface area contributed by atoms with E-state index in [4.69, 9.17) is 10.5 Å². The van der Waals surface area contributed by atoms with Crippen LogP contribution in [0.15, 0.2) is 42.7 Å². The lowest BCUT2D eigenvalue weighted by Gasteiger charge is -2.22. The van der Waals surface area contributed by atoms with Gasteiger partial charge in [0.1, 0.15) is 5.75 Å². The fourth-order valence-corrected chi connectivity index (χ4v) is 2.00. The molecule has 1 aromatic heterocycles. The summed E-state index contributed by atoms with van der Waals surface area (Å²) >= 11 is 0. The lowest BCUT2D eigenvalue weighted by Crippen LogP contribution is -2.18. The second-order valence-corrected chi connectivity index (χ2v) is 4.34. The second-order valence-electron chi connectivity index (χ2n) is 4.34. The molecule has 4 heteroatoms. The Morgan fingerprint density at radius 1 is 1.26 bits per heavy atom. The quantitative estimate of drug-likeness (QED) is 0.837. The fourth-order valence-electron chi connectivity index (χ4n) is 2.00. The Labute approximate surface area is 113 Å². The van der Waals surface area contributed by atoms with Crippen molar-refractivity contribution in [3.8, 4) is 5.75 Å². The summed E-state index contributed by atoms with van der Waals surface area (Å²) in [6.45, 7) is 3.32. The Hall–Kier alpha value is -2.23. The molecule has 0 bridgehead atoms. The average Bonchev–Trinajstić information content (AvgIpc) is 2.42. The number of para-hydroxylation sites is 1. The zero-order valence-corrected chi connectivity index (χ0v) is 11.3. The summed E-state index contributed by atoms with van der Waals surface area (Å²) in [7, 11) is 2.01. The maximum absolute atomic E-state index is 6.14. The number of benzene rings is 1. The molecule has 4 nitrogen and oxygen atoms in total. The molecule has 0 aliphatic rings. The van der Waals surface area contributed by atoms with Crippen molar-refractivity contribution in [1.82, 2.24) is 4.98 Å². The van der Waals surface area contributed by atoms with E-state index in [1.807, 2.05) is 50.5 Å². The summed E-state index contributed by atoms with van der Waals surface area (Å²) in [5, 5.41) is 0. The molecule has 1 aromatic carbocycles. The van der Waals surface area contributed by atoms with E-state index in [1.54, 1.807) is 6.20 Å². The monoisotopic (exact) mass is 257 g/mol. The van der Waals surface area contributed by atoms with Crippen molar-refractivity contribution in [2.45, 2.75) is 13.5 Å². The van der Waals surface area contributed by atoms with E-state index in [0.717, 1.165) is 23.5 Å². The van der Waals surface area contributed by atoms with Crippen molar-refractivity contribution in [2.75, 3.05) is 24.3 Å². The van der Waals surface area contributed by atoms with Gasteiger partial charge in [-0.1, -0.05) is 12.1 Å². The van der Waals surface area contributed by atoms with Gasteiger partial charge >= 0.3 is 0 Å². The zero-order chi connectivity index (χ0) is 13.7. The van der Waals surface area contributed by atoms with Crippen molar-refractivity contribution in [3.05, 3.63) is 48.3 Å². The molecule has 0 unspecified atom stereocenters. The van der Waals surface area contributed by atoms with Crippen LogP contribution in [0.25, 0.3) is 0 Å². The van der Waals surface area contributed by atoms with Gasteiger partial charge in [0, 0.05) is 26.0 Å². The van der Waals surface area contributed by atoms with E-state index in [9.17, 15) is 0 Å². The van der Waals surface area contributed by atoms with Crippen molar-refractivity contribution in [1.29, 1.82) is 0 Å². The summed E-state index contributed by atoms with van der Waals surface area (Å²) in [4.78, 5) is 6.21. The van der Waals surface area contributed by atoms with Crippen LogP contribution in [0, 0.1) is 0 Å². The maximum Gasteiger partial charge on any atom is 0.144 e. The second kappa shape index (κ2) is 6.09. The molecule has 0 radical (unpaired) electrons. The first kappa shape index (κ1) is 13.2. The van der Waals surface area contributed by atoms with E-state index in [2.05, 4.69) is 9.88 Å². The highest BCUT2D eigenvalue weighted by molar-refractivity contribution is 5.73. The SMILES string of the molecule is CCOc1cccc(N(C)Cc2cccnc2)c1N. The Kier molecular flexibility index (Phi) is 4.23. The topological polar surface area (TPSA) is 51.4 Å². The number of pyridine rings is 1. The molecule has 0 saturated heterocycles. The lowest BCUT2D eigenvalue weighted by molar-refractivity contribution is 0.342. The number of aromatic nitrogens is 1. The van der Waals surface area contributed by atoms with E-state index >= 15 is 0 Å². The number of ether oxygens (including phenoxy) is 1. The molecular formula is C15H19N3O. The van der Waals surface area contributed by atoms with Gasteiger partial charge in [-0.15, -0.1) is 0 Å². The van der Waals surface area contributed by atoms with Crippen molar-refractivity contribution < 1.29 is 4.74 Å². The normalized spacial score (nSPS) is 10.2.